The fraction of sp³-hybridized carbons (Fsp3) is 0.154. The highest BCUT2D eigenvalue weighted by Crippen LogP contribution is 2.23. The molecule has 1 aromatic carbocycles. The van der Waals surface area contributed by atoms with E-state index in [0.717, 1.165) is 14.7 Å². The molecule has 0 aliphatic heterocycles. The van der Waals surface area contributed by atoms with Gasteiger partial charge in [0.05, 0.1) is 18.4 Å². The lowest BCUT2D eigenvalue weighted by molar-refractivity contribution is 0.0774. The van der Waals surface area contributed by atoms with Gasteiger partial charge in [-0.1, -0.05) is 15.9 Å². The molecule has 0 atom stereocenters. The number of benzene rings is 1. The summed E-state index contributed by atoms with van der Waals surface area (Å²) in [4.78, 5) is 13.9. The number of carbonyl (C=O) groups excluding carboxylic acids is 1. The molecule has 1 heterocycles. The molecule has 0 spiro atoms. The maximum atomic E-state index is 12.3. The van der Waals surface area contributed by atoms with Crippen molar-refractivity contribution in [2.75, 3.05) is 7.05 Å². The van der Waals surface area contributed by atoms with Crippen molar-refractivity contribution >= 4 is 37.8 Å². The molecule has 0 bridgehead atoms. The maximum Gasteiger partial charge on any atom is 0.255 e. The van der Waals surface area contributed by atoms with E-state index in [4.69, 9.17) is 4.42 Å². The highest BCUT2D eigenvalue weighted by atomic mass is 79.9. The summed E-state index contributed by atoms with van der Waals surface area (Å²) in [5.41, 5.74) is 0.624. The van der Waals surface area contributed by atoms with E-state index in [1.54, 1.807) is 24.3 Å². The second-order valence-corrected chi connectivity index (χ2v) is 5.63. The molecule has 0 fully saturated rings. The molecule has 0 radical (unpaired) electrons. The topological polar surface area (TPSA) is 33.5 Å². The van der Waals surface area contributed by atoms with Crippen LogP contribution in [0.15, 0.2) is 50.0 Å². The first kappa shape index (κ1) is 13.4. The second kappa shape index (κ2) is 5.71. The lowest BCUT2D eigenvalue weighted by Crippen LogP contribution is -2.26. The summed E-state index contributed by atoms with van der Waals surface area (Å²) in [6.45, 7) is 0.449. The number of hydrogen-bond acceptors (Lipinski definition) is 2. The molecule has 3 nitrogen and oxygen atoms in total. The van der Waals surface area contributed by atoms with Crippen LogP contribution < -0.4 is 0 Å². The zero-order chi connectivity index (χ0) is 13.1. The Bertz CT molecular complexity index is 552. The molecular weight excluding hydrogens is 362 g/mol. The molecule has 0 N–H and O–H groups in total. The van der Waals surface area contributed by atoms with E-state index in [1.807, 2.05) is 24.3 Å². The van der Waals surface area contributed by atoms with Crippen molar-refractivity contribution in [3.8, 4) is 0 Å². The van der Waals surface area contributed by atoms with E-state index in [0.29, 0.717) is 12.1 Å². The van der Waals surface area contributed by atoms with Crippen LogP contribution >= 0.6 is 31.9 Å². The first-order valence-corrected chi connectivity index (χ1v) is 6.89. The summed E-state index contributed by atoms with van der Waals surface area (Å²) in [5.74, 6) is 0.705. The number of amides is 1. The smallest absolute Gasteiger partial charge is 0.255 e. The molecule has 0 saturated carbocycles. The van der Waals surface area contributed by atoms with E-state index in [9.17, 15) is 4.79 Å². The van der Waals surface area contributed by atoms with Gasteiger partial charge in [-0.15, -0.1) is 0 Å². The van der Waals surface area contributed by atoms with Crippen molar-refractivity contribution in [3.63, 3.8) is 0 Å². The van der Waals surface area contributed by atoms with Gasteiger partial charge in [-0.3, -0.25) is 4.79 Å². The van der Waals surface area contributed by atoms with Crippen LogP contribution in [0.25, 0.3) is 0 Å². The van der Waals surface area contributed by atoms with Crippen molar-refractivity contribution in [2.24, 2.45) is 0 Å². The quantitative estimate of drug-likeness (QED) is 0.813. The molecule has 0 unspecified atom stereocenters. The average molecular weight is 373 g/mol. The average Bonchev–Trinajstić information content (AvgIpc) is 2.84. The van der Waals surface area contributed by atoms with Gasteiger partial charge < -0.3 is 9.32 Å². The van der Waals surface area contributed by atoms with Crippen LogP contribution in [0.4, 0.5) is 0 Å². The minimum atomic E-state index is -0.0559. The van der Waals surface area contributed by atoms with E-state index >= 15 is 0 Å². The molecule has 1 amide bonds. The standard InChI is InChI=1S/C13H11Br2NO2/c1-16(8-10-3-2-6-18-10)13(17)11-7-9(14)4-5-12(11)15/h2-7H,8H2,1H3. The number of carbonyl (C=O) groups is 1. The third-order valence-corrected chi connectivity index (χ3v) is 3.66. The maximum absolute atomic E-state index is 12.3. The van der Waals surface area contributed by atoms with Gasteiger partial charge in [-0.05, 0) is 46.3 Å². The van der Waals surface area contributed by atoms with Crippen molar-refractivity contribution in [3.05, 3.63) is 56.9 Å². The summed E-state index contributed by atoms with van der Waals surface area (Å²) in [6.07, 6.45) is 1.60. The van der Waals surface area contributed by atoms with Crippen molar-refractivity contribution < 1.29 is 9.21 Å². The Morgan fingerprint density at radius 3 is 2.78 bits per heavy atom. The van der Waals surface area contributed by atoms with Gasteiger partial charge in [0, 0.05) is 16.0 Å². The van der Waals surface area contributed by atoms with Crippen LogP contribution in [0, 0.1) is 0 Å². The zero-order valence-corrected chi connectivity index (χ0v) is 12.9. The third kappa shape index (κ3) is 3.03. The van der Waals surface area contributed by atoms with E-state index in [-0.39, 0.29) is 5.91 Å². The Labute approximate surface area is 122 Å². The van der Waals surface area contributed by atoms with Gasteiger partial charge in [-0.2, -0.15) is 0 Å². The molecule has 2 aromatic rings. The molecule has 2 rings (SSSR count). The Morgan fingerprint density at radius 1 is 1.33 bits per heavy atom. The third-order valence-electron chi connectivity index (χ3n) is 2.48. The minimum Gasteiger partial charge on any atom is -0.467 e. The summed E-state index contributed by atoms with van der Waals surface area (Å²) in [6, 6.07) is 9.18. The lowest BCUT2D eigenvalue weighted by Gasteiger charge is -2.16. The Morgan fingerprint density at radius 2 is 2.11 bits per heavy atom. The summed E-state index contributed by atoms with van der Waals surface area (Å²) in [5, 5.41) is 0. The van der Waals surface area contributed by atoms with Crippen molar-refractivity contribution in [1.82, 2.24) is 4.90 Å². The second-order valence-electron chi connectivity index (χ2n) is 3.86. The molecule has 0 aliphatic carbocycles. The van der Waals surface area contributed by atoms with Crippen LogP contribution in [-0.2, 0) is 6.54 Å². The van der Waals surface area contributed by atoms with E-state index in [2.05, 4.69) is 31.9 Å². The Hall–Kier alpha value is -1.07. The Balaban J connectivity index is 2.17. The highest BCUT2D eigenvalue weighted by Gasteiger charge is 2.16. The number of hydrogen-bond donors (Lipinski definition) is 0. The van der Waals surface area contributed by atoms with Crippen LogP contribution in [0.2, 0.25) is 0 Å². The van der Waals surface area contributed by atoms with Crippen LogP contribution in [-0.4, -0.2) is 17.9 Å². The number of nitrogens with zero attached hydrogens (tertiary/aromatic N) is 1. The highest BCUT2D eigenvalue weighted by molar-refractivity contribution is 9.11. The fourth-order valence-corrected chi connectivity index (χ4v) is 2.35. The number of rotatable bonds is 3. The van der Waals surface area contributed by atoms with Gasteiger partial charge in [0.15, 0.2) is 0 Å². The van der Waals surface area contributed by atoms with Crippen molar-refractivity contribution in [2.45, 2.75) is 6.54 Å². The van der Waals surface area contributed by atoms with Gasteiger partial charge in [0.2, 0.25) is 0 Å². The monoisotopic (exact) mass is 371 g/mol. The molecule has 94 valence electrons. The van der Waals surface area contributed by atoms with Crippen molar-refractivity contribution in [1.29, 1.82) is 0 Å². The SMILES string of the molecule is CN(Cc1ccco1)C(=O)c1cc(Br)ccc1Br. The van der Waals surface area contributed by atoms with E-state index < -0.39 is 0 Å². The van der Waals surface area contributed by atoms with Gasteiger partial charge >= 0.3 is 0 Å². The van der Waals surface area contributed by atoms with Crippen LogP contribution in [0.5, 0.6) is 0 Å². The minimum absolute atomic E-state index is 0.0559. The fourth-order valence-electron chi connectivity index (χ4n) is 1.58. The van der Waals surface area contributed by atoms with Crippen LogP contribution in [0.3, 0.4) is 0 Å². The molecule has 18 heavy (non-hydrogen) atoms. The van der Waals surface area contributed by atoms with Gasteiger partial charge in [0.1, 0.15) is 5.76 Å². The Kier molecular flexibility index (Phi) is 4.24. The first-order chi connectivity index (χ1) is 8.58. The lowest BCUT2D eigenvalue weighted by atomic mass is 10.2. The molecule has 1 aromatic heterocycles. The van der Waals surface area contributed by atoms with Crippen LogP contribution in [0.1, 0.15) is 16.1 Å². The predicted octanol–water partition coefficient (Wildman–Crippen LogP) is 4.08. The first-order valence-electron chi connectivity index (χ1n) is 5.31. The summed E-state index contributed by atoms with van der Waals surface area (Å²) in [7, 11) is 1.75. The predicted molar refractivity (Wildman–Crippen MR) is 76.3 cm³/mol. The summed E-state index contributed by atoms with van der Waals surface area (Å²) < 4.78 is 6.88. The molecule has 0 saturated heterocycles. The largest absolute Gasteiger partial charge is 0.467 e. The number of halogens is 2. The van der Waals surface area contributed by atoms with Gasteiger partial charge in [-0.25, -0.2) is 0 Å². The van der Waals surface area contributed by atoms with E-state index in [1.165, 1.54) is 0 Å². The molecule has 5 heteroatoms. The zero-order valence-electron chi connectivity index (χ0n) is 9.69. The summed E-state index contributed by atoms with van der Waals surface area (Å²) >= 11 is 6.75. The van der Waals surface area contributed by atoms with Gasteiger partial charge in [0.25, 0.3) is 5.91 Å². The normalized spacial score (nSPS) is 10.4. The molecule has 0 aliphatic rings. The number of furan rings is 1. The molecular formula is C13H11Br2NO2.